The van der Waals surface area contributed by atoms with Gasteiger partial charge in [0.1, 0.15) is 0 Å². The molecule has 158 valence electrons. The average Bonchev–Trinajstić information content (AvgIpc) is 2.98. The minimum Gasteiger partial charge on any atom is -0.481 e. The highest BCUT2D eigenvalue weighted by Gasteiger charge is 2.32. The first-order valence-electron chi connectivity index (χ1n) is 9.53. The number of carbonyl (C=O) groups is 1. The van der Waals surface area contributed by atoms with Gasteiger partial charge in [0.05, 0.1) is 17.3 Å². The van der Waals surface area contributed by atoms with Crippen LogP contribution in [0.2, 0.25) is 5.02 Å². The number of benzene rings is 1. The summed E-state index contributed by atoms with van der Waals surface area (Å²) in [5.41, 5.74) is 2.60. The van der Waals surface area contributed by atoms with Crippen LogP contribution in [0.5, 0.6) is 0 Å². The van der Waals surface area contributed by atoms with Crippen LogP contribution in [0.1, 0.15) is 36.4 Å². The molecule has 1 aromatic carbocycles. The summed E-state index contributed by atoms with van der Waals surface area (Å²) >= 11 is 7.73. The molecule has 0 saturated carbocycles. The van der Waals surface area contributed by atoms with Gasteiger partial charge in [0.25, 0.3) is 0 Å². The van der Waals surface area contributed by atoms with E-state index < -0.39 is 15.8 Å². The molecule has 1 N–H and O–H groups in total. The van der Waals surface area contributed by atoms with Gasteiger partial charge in [-0.2, -0.15) is 0 Å². The fourth-order valence-corrected chi connectivity index (χ4v) is 6.45. The normalized spacial score (nSPS) is 16.6. The van der Waals surface area contributed by atoms with E-state index in [2.05, 4.69) is 9.55 Å². The summed E-state index contributed by atoms with van der Waals surface area (Å²) < 4.78 is 27.1. The Kier molecular flexibility index (Phi) is 5.59. The van der Waals surface area contributed by atoms with E-state index in [-0.39, 0.29) is 17.4 Å². The molecule has 0 fully saturated rings. The van der Waals surface area contributed by atoms with Gasteiger partial charge in [-0.05, 0) is 43.5 Å². The topological polar surface area (TPSA) is 89.3 Å². The molecule has 30 heavy (non-hydrogen) atoms. The lowest BCUT2D eigenvalue weighted by Gasteiger charge is -2.25. The maximum Gasteiger partial charge on any atom is 0.304 e. The molecule has 0 radical (unpaired) electrons. The number of carboxylic acid groups (broad SMARTS) is 1. The highest BCUT2D eigenvalue weighted by Crippen LogP contribution is 2.47. The van der Waals surface area contributed by atoms with Crippen LogP contribution >= 0.6 is 23.4 Å². The number of aryl methyl sites for hydroxylation is 2. The van der Waals surface area contributed by atoms with Crippen molar-refractivity contribution < 1.29 is 18.3 Å². The molecule has 0 bridgehead atoms. The van der Waals surface area contributed by atoms with Crippen molar-refractivity contribution in [1.29, 1.82) is 0 Å². The Morgan fingerprint density at radius 2 is 2.13 bits per heavy atom. The Hall–Kier alpha value is -2.03. The monoisotopic (exact) mass is 464 g/mol. The molecule has 1 unspecified atom stereocenters. The number of hydrogen-bond donors (Lipinski definition) is 1. The lowest BCUT2D eigenvalue weighted by atomic mass is 9.93. The summed E-state index contributed by atoms with van der Waals surface area (Å²) in [7, 11) is -3.58. The van der Waals surface area contributed by atoms with E-state index in [1.54, 1.807) is 0 Å². The summed E-state index contributed by atoms with van der Waals surface area (Å²) in [6, 6.07) is 7.51. The molecular formula is C21H21ClN2O4S2. The van der Waals surface area contributed by atoms with Gasteiger partial charge in [-0.1, -0.05) is 29.4 Å². The highest BCUT2D eigenvalue weighted by molar-refractivity contribution is 7.99. The summed E-state index contributed by atoms with van der Waals surface area (Å²) in [5.74, 6) is -1.06. The van der Waals surface area contributed by atoms with E-state index in [9.17, 15) is 18.3 Å². The molecule has 0 aliphatic carbocycles. The van der Waals surface area contributed by atoms with E-state index in [0.29, 0.717) is 17.0 Å². The Labute approximate surface area is 184 Å². The van der Waals surface area contributed by atoms with Crippen LogP contribution in [-0.4, -0.2) is 35.3 Å². The van der Waals surface area contributed by atoms with Crippen molar-refractivity contribution >= 4 is 50.1 Å². The quantitative estimate of drug-likeness (QED) is 0.577. The predicted octanol–water partition coefficient (Wildman–Crippen LogP) is 4.90. The van der Waals surface area contributed by atoms with E-state index in [1.807, 2.05) is 31.2 Å². The van der Waals surface area contributed by atoms with Gasteiger partial charge in [-0.15, -0.1) is 0 Å². The first-order valence-corrected chi connectivity index (χ1v) is 12.6. The van der Waals surface area contributed by atoms with Gasteiger partial charge in [0, 0.05) is 45.4 Å². The highest BCUT2D eigenvalue weighted by atomic mass is 35.5. The lowest BCUT2D eigenvalue weighted by Crippen LogP contribution is -2.18. The predicted molar refractivity (Wildman–Crippen MR) is 117 cm³/mol. The molecule has 9 heteroatoms. The molecule has 6 nitrogen and oxygen atoms in total. The lowest BCUT2D eigenvalue weighted by molar-refractivity contribution is -0.137. The van der Waals surface area contributed by atoms with Gasteiger partial charge in [-0.3, -0.25) is 4.79 Å². The maximum atomic E-state index is 12.5. The number of fused-ring (bicyclic) bond motifs is 3. The van der Waals surface area contributed by atoms with E-state index in [0.717, 1.165) is 45.7 Å². The van der Waals surface area contributed by atoms with Crippen LogP contribution < -0.4 is 0 Å². The second kappa shape index (κ2) is 7.90. The van der Waals surface area contributed by atoms with E-state index in [1.165, 1.54) is 18.0 Å². The fraction of sp³-hybridized carbons (Fsp3) is 0.333. The third-order valence-electron chi connectivity index (χ3n) is 5.39. The molecule has 3 aromatic rings. The minimum atomic E-state index is -3.58. The summed E-state index contributed by atoms with van der Waals surface area (Å²) in [6.07, 6.45) is 4.24. The average molecular weight is 465 g/mol. The number of aromatic nitrogens is 2. The molecule has 3 heterocycles. The third-order valence-corrected chi connectivity index (χ3v) is 7.92. The second-order valence-electron chi connectivity index (χ2n) is 7.60. The van der Waals surface area contributed by atoms with Crippen molar-refractivity contribution in [3.63, 3.8) is 0 Å². The van der Waals surface area contributed by atoms with Crippen molar-refractivity contribution in [2.75, 3.05) is 6.26 Å². The van der Waals surface area contributed by atoms with Crippen molar-refractivity contribution in [1.82, 2.24) is 9.55 Å². The summed E-state index contributed by atoms with van der Waals surface area (Å²) in [5, 5.41) is 10.7. The molecule has 1 aliphatic rings. The van der Waals surface area contributed by atoms with Crippen LogP contribution in [0.25, 0.3) is 10.9 Å². The second-order valence-corrected chi connectivity index (χ2v) is 11.0. The van der Waals surface area contributed by atoms with Gasteiger partial charge < -0.3 is 9.67 Å². The minimum absolute atomic E-state index is 0.000171. The molecular weight excluding hydrogens is 444 g/mol. The largest absolute Gasteiger partial charge is 0.481 e. The zero-order chi connectivity index (χ0) is 21.6. The fourth-order valence-electron chi connectivity index (χ4n) is 4.08. The molecule has 0 saturated heterocycles. The first-order chi connectivity index (χ1) is 14.2. The van der Waals surface area contributed by atoms with Gasteiger partial charge in [0.2, 0.25) is 0 Å². The molecule has 0 spiro atoms. The zero-order valence-electron chi connectivity index (χ0n) is 16.6. The van der Waals surface area contributed by atoms with Crippen molar-refractivity contribution in [3.8, 4) is 0 Å². The Balaban J connectivity index is 2.02. The zero-order valence-corrected chi connectivity index (χ0v) is 18.9. The van der Waals surface area contributed by atoms with Gasteiger partial charge >= 0.3 is 5.97 Å². The number of halogens is 1. The Bertz CT molecular complexity index is 1270. The number of aliphatic carboxylic acids is 1. The number of pyridine rings is 1. The smallest absolute Gasteiger partial charge is 0.304 e. The first kappa shape index (κ1) is 21.2. The molecule has 2 aromatic heterocycles. The van der Waals surface area contributed by atoms with Crippen LogP contribution in [-0.2, 0) is 21.2 Å². The van der Waals surface area contributed by atoms with Crippen molar-refractivity contribution in [2.24, 2.45) is 0 Å². The summed E-state index contributed by atoms with van der Waals surface area (Å²) in [4.78, 5) is 17.3. The molecule has 1 atom stereocenters. The van der Waals surface area contributed by atoms with Gasteiger partial charge in [0.15, 0.2) is 14.9 Å². The number of sulfone groups is 1. The van der Waals surface area contributed by atoms with Crippen molar-refractivity contribution in [2.45, 2.75) is 53.5 Å². The van der Waals surface area contributed by atoms with Crippen molar-refractivity contribution in [3.05, 3.63) is 46.7 Å². The number of nitrogens with zero attached hydrogens (tertiary/aromatic N) is 2. The SMILES string of the molecule is Cc1ccc(Sc2c3n(c4ccnc(S(C)(=O)=O)c24)CCCC3CC(=O)O)cc1Cl. The number of hydrogen-bond acceptors (Lipinski definition) is 5. The standard InChI is InChI=1S/C21H21ClN2O4S2/c1-12-5-6-14(11-15(12)22)29-20-18-16(7-8-23-21(18)30(2,27)28)24-9-3-4-13(19(20)24)10-17(25)26/h5-8,11,13H,3-4,9-10H2,1-2H3,(H,25,26). The van der Waals surface area contributed by atoms with E-state index in [4.69, 9.17) is 11.6 Å². The van der Waals surface area contributed by atoms with Gasteiger partial charge in [-0.25, -0.2) is 13.4 Å². The van der Waals surface area contributed by atoms with Crippen LogP contribution in [0, 0.1) is 6.92 Å². The van der Waals surface area contributed by atoms with Crippen LogP contribution in [0.3, 0.4) is 0 Å². The molecule has 4 rings (SSSR count). The van der Waals surface area contributed by atoms with E-state index >= 15 is 0 Å². The molecule has 1 aliphatic heterocycles. The number of carboxylic acids is 1. The molecule has 0 amide bonds. The number of rotatable bonds is 5. The Morgan fingerprint density at radius 1 is 1.37 bits per heavy atom. The van der Waals surface area contributed by atoms with Crippen LogP contribution in [0.15, 0.2) is 45.3 Å². The maximum absolute atomic E-state index is 12.5. The Morgan fingerprint density at radius 3 is 2.80 bits per heavy atom. The third kappa shape index (κ3) is 3.84. The summed E-state index contributed by atoms with van der Waals surface area (Å²) in [6.45, 7) is 2.63. The van der Waals surface area contributed by atoms with Crippen LogP contribution in [0.4, 0.5) is 0 Å².